The molecule has 1 unspecified atom stereocenters. The zero-order chi connectivity index (χ0) is 11.2. The Morgan fingerprint density at radius 2 is 2.14 bits per heavy atom. The highest BCUT2D eigenvalue weighted by Crippen LogP contribution is 2.20. The van der Waals surface area contributed by atoms with Gasteiger partial charge in [0.15, 0.2) is 0 Å². The van der Waals surface area contributed by atoms with Crippen molar-refractivity contribution in [3.63, 3.8) is 0 Å². The SMILES string of the molecule is CC(NCC(C)(C)CCCO)C(N)=O. The van der Waals surface area contributed by atoms with Crippen LogP contribution < -0.4 is 11.1 Å². The molecular weight excluding hydrogens is 180 g/mol. The van der Waals surface area contributed by atoms with E-state index in [-0.39, 0.29) is 24.0 Å². The lowest BCUT2D eigenvalue weighted by Gasteiger charge is -2.26. The van der Waals surface area contributed by atoms with Crippen LogP contribution in [0.2, 0.25) is 0 Å². The van der Waals surface area contributed by atoms with Crippen molar-refractivity contribution in [1.29, 1.82) is 0 Å². The Bertz CT molecular complexity index is 181. The summed E-state index contributed by atoms with van der Waals surface area (Å²) in [5.41, 5.74) is 5.21. The van der Waals surface area contributed by atoms with Crippen molar-refractivity contribution in [1.82, 2.24) is 5.32 Å². The van der Waals surface area contributed by atoms with Gasteiger partial charge in [0.1, 0.15) is 0 Å². The molecule has 0 aromatic heterocycles. The number of amides is 1. The van der Waals surface area contributed by atoms with Crippen molar-refractivity contribution in [2.75, 3.05) is 13.2 Å². The average Bonchev–Trinajstić information content (AvgIpc) is 2.11. The van der Waals surface area contributed by atoms with E-state index in [2.05, 4.69) is 19.2 Å². The molecule has 4 N–H and O–H groups in total. The number of nitrogens with two attached hydrogens (primary N) is 1. The molecule has 1 atom stereocenters. The average molecular weight is 202 g/mol. The van der Waals surface area contributed by atoms with Gasteiger partial charge in [-0.15, -0.1) is 0 Å². The van der Waals surface area contributed by atoms with Crippen LogP contribution in [0.5, 0.6) is 0 Å². The van der Waals surface area contributed by atoms with E-state index in [1.165, 1.54) is 0 Å². The van der Waals surface area contributed by atoms with Crippen LogP contribution >= 0.6 is 0 Å². The number of nitrogens with one attached hydrogen (secondary N) is 1. The molecule has 4 nitrogen and oxygen atoms in total. The van der Waals surface area contributed by atoms with Gasteiger partial charge in [-0.3, -0.25) is 4.79 Å². The molecule has 14 heavy (non-hydrogen) atoms. The van der Waals surface area contributed by atoms with Gasteiger partial charge in [-0.05, 0) is 25.2 Å². The summed E-state index contributed by atoms with van der Waals surface area (Å²) in [4.78, 5) is 10.7. The lowest BCUT2D eigenvalue weighted by Crippen LogP contribution is -2.43. The van der Waals surface area contributed by atoms with E-state index in [0.29, 0.717) is 0 Å². The summed E-state index contributed by atoms with van der Waals surface area (Å²) in [6.07, 6.45) is 1.72. The van der Waals surface area contributed by atoms with Crippen molar-refractivity contribution in [2.45, 2.75) is 39.7 Å². The van der Waals surface area contributed by atoms with Crippen LogP contribution in [0, 0.1) is 5.41 Å². The Balaban J connectivity index is 3.80. The topological polar surface area (TPSA) is 75.3 Å². The summed E-state index contributed by atoms with van der Waals surface area (Å²) in [5.74, 6) is -0.331. The van der Waals surface area contributed by atoms with Crippen LogP contribution in [0.25, 0.3) is 0 Å². The van der Waals surface area contributed by atoms with Crippen LogP contribution in [-0.2, 0) is 4.79 Å². The molecule has 4 heteroatoms. The zero-order valence-electron chi connectivity index (χ0n) is 9.34. The smallest absolute Gasteiger partial charge is 0.234 e. The first-order valence-electron chi connectivity index (χ1n) is 5.02. The molecule has 0 saturated carbocycles. The van der Waals surface area contributed by atoms with Gasteiger partial charge < -0.3 is 16.2 Å². The molecule has 0 aromatic rings. The van der Waals surface area contributed by atoms with Gasteiger partial charge in [0.2, 0.25) is 5.91 Å². The Morgan fingerprint density at radius 3 is 2.57 bits per heavy atom. The molecule has 0 spiro atoms. The van der Waals surface area contributed by atoms with E-state index >= 15 is 0 Å². The van der Waals surface area contributed by atoms with Crippen LogP contribution in [0.15, 0.2) is 0 Å². The van der Waals surface area contributed by atoms with E-state index in [1.54, 1.807) is 6.92 Å². The molecule has 0 aliphatic heterocycles. The summed E-state index contributed by atoms with van der Waals surface area (Å²) in [7, 11) is 0. The molecule has 0 rings (SSSR count). The minimum atomic E-state index is -0.331. The van der Waals surface area contributed by atoms with E-state index in [0.717, 1.165) is 19.4 Å². The van der Waals surface area contributed by atoms with Gasteiger partial charge in [-0.25, -0.2) is 0 Å². The maximum Gasteiger partial charge on any atom is 0.234 e. The normalized spacial score (nSPS) is 14.0. The fraction of sp³-hybridized carbons (Fsp3) is 0.900. The van der Waals surface area contributed by atoms with E-state index in [1.807, 2.05) is 0 Å². The maximum absolute atomic E-state index is 10.7. The molecule has 0 heterocycles. The van der Waals surface area contributed by atoms with E-state index in [4.69, 9.17) is 10.8 Å². The number of carbonyl (C=O) groups is 1. The van der Waals surface area contributed by atoms with Gasteiger partial charge in [0, 0.05) is 13.2 Å². The highest BCUT2D eigenvalue weighted by molar-refractivity contribution is 5.79. The molecule has 0 saturated heterocycles. The third-order valence-corrected chi connectivity index (χ3v) is 2.33. The summed E-state index contributed by atoms with van der Waals surface area (Å²) < 4.78 is 0. The second-order valence-corrected chi connectivity index (χ2v) is 4.50. The summed E-state index contributed by atoms with van der Waals surface area (Å²) >= 11 is 0. The number of primary amides is 1. The van der Waals surface area contributed by atoms with Crippen LogP contribution in [-0.4, -0.2) is 30.2 Å². The standard InChI is InChI=1S/C10H22N2O2/c1-8(9(11)14)12-7-10(2,3)5-4-6-13/h8,12-13H,4-7H2,1-3H3,(H2,11,14). The lowest BCUT2D eigenvalue weighted by atomic mass is 9.87. The summed E-state index contributed by atoms with van der Waals surface area (Å²) in [6.45, 7) is 6.91. The second-order valence-electron chi connectivity index (χ2n) is 4.50. The van der Waals surface area contributed by atoms with Gasteiger partial charge in [-0.2, -0.15) is 0 Å². The van der Waals surface area contributed by atoms with Gasteiger partial charge in [0.05, 0.1) is 6.04 Å². The van der Waals surface area contributed by atoms with Crippen molar-refractivity contribution in [3.8, 4) is 0 Å². The monoisotopic (exact) mass is 202 g/mol. The molecule has 0 fully saturated rings. The number of aliphatic hydroxyl groups is 1. The van der Waals surface area contributed by atoms with Crippen LogP contribution in [0.3, 0.4) is 0 Å². The molecule has 0 aliphatic rings. The molecule has 1 amide bonds. The third-order valence-electron chi connectivity index (χ3n) is 2.33. The Labute approximate surface area is 85.9 Å². The Kier molecular flexibility index (Phi) is 5.72. The first-order chi connectivity index (χ1) is 6.39. The number of hydrogen-bond acceptors (Lipinski definition) is 3. The van der Waals surface area contributed by atoms with Crippen LogP contribution in [0.4, 0.5) is 0 Å². The molecule has 84 valence electrons. The molecule has 0 bridgehead atoms. The van der Waals surface area contributed by atoms with Gasteiger partial charge in [-0.1, -0.05) is 13.8 Å². The lowest BCUT2D eigenvalue weighted by molar-refractivity contribution is -0.119. The minimum Gasteiger partial charge on any atom is -0.396 e. The number of hydrogen-bond donors (Lipinski definition) is 3. The molecule has 0 aromatic carbocycles. The van der Waals surface area contributed by atoms with Crippen molar-refractivity contribution in [2.24, 2.45) is 11.1 Å². The zero-order valence-corrected chi connectivity index (χ0v) is 9.34. The molecule has 0 radical (unpaired) electrons. The second kappa shape index (κ2) is 5.98. The van der Waals surface area contributed by atoms with Gasteiger partial charge in [0.25, 0.3) is 0 Å². The summed E-state index contributed by atoms with van der Waals surface area (Å²) in [5, 5.41) is 11.8. The fourth-order valence-corrected chi connectivity index (χ4v) is 1.18. The first kappa shape index (κ1) is 13.4. The predicted molar refractivity (Wildman–Crippen MR) is 56.8 cm³/mol. The minimum absolute atomic E-state index is 0.0897. The maximum atomic E-state index is 10.7. The highest BCUT2D eigenvalue weighted by atomic mass is 16.2. The predicted octanol–water partition coefficient (Wildman–Crippen LogP) is 0.248. The molecular formula is C10H22N2O2. The number of rotatable bonds is 7. The highest BCUT2D eigenvalue weighted by Gasteiger charge is 2.19. The van der Waals surface area contributed by atoms with Crippen molar-refractivity contribution in [3.05, 3.63) is 0 Å². The van der Waals surface area contributed by atoms with Gasteiger partial charge >= 0.3 is 0 Å². The first-order valence-corrected chi connectivity index (χ1v) is 5.02. The van der Waals surface area contributed by atoms with Crippen LogP contribution in [0.1, 0.15) is 33.6 Å². The third kappa shape index (κ3) is 5.94. The fourth-order valence-electron chi connectivity index (χ4n) is 1.18. The molecule has 0 aliphatic carbocycles. The van der Waals surface area contributed by atoms with E-state index < -0.39 is 0 Å². The summed E-state index contributed by atoms with van der Waals surface area (Å²) in [6, 6.07) is -0.289. The quantitative estimate of drug-likeness (QED) is 0.554. The van der Waals surface area contributed by atoms with Crippen molar-refractivity contribution >= 4 is 5.91 Å². The van der Waals surface area contributed by atoms with Crippen molar-refractivity contribution < 1.29 is 9.90 Å². The largest absolute Gasteiger partial charge is 0.396 e. The number of aliphatic hydroxyl groups excluding tert-OH is 1. The number of carbonyl (C=O) groups excluding carboxylic acids is 1. The Hall–Kier alpha value is -0.610. The Morgan fingerprint density at radius 1 is 1.57 bits per heavy atom. The van der Waals surface area contributed by atoms with E-state index in [9.17, 15) is 4.79 Å².